The number of carbonyl (C=O) groups excluding carboxylic acids is 1. The van der Waals surface area contributed by atoms with Gasteiger partial charge in [0.05, 0.1) is 5.56 Å². The van der Waals surface area contributed by atoms with Crippen LogP contribution in [0.2, 0.25) is 5.15 Å². The topological polar surface area (TPSA) is 53.4 Å². The summed E-state index contributed by atoms with van der Waals surface area (Å²) in [6, 6.07) is 9.77. The minimum Gasteiger partial charge on any atom is -0.508 e. The fraction of sp³-hybridized carbons (Fsp3) is 0.143. The molecule has 1 aromatic heterocycles. The van der Waals surface area contributed by atoms with Gasteiger partial charge in [0.25, 0.3) is 5.91 Å². The molecule has 0 aliphatic rings. The van der Waals surface area contributed by atoms with E-state index in [9.17, 15) is 9.90 Å². The van der Waals surface area contributed by atoms with Gasteiger partial charge in [-0.2, -0.15) is 0 Å². The van der Waals surface area contributed by atoms with Crippen molar-refractivity contribution in [3.8, 4) is 5.75 Å². The van der Waals surface area contributed by atoms with Gasteiger partial charge in [-0.15, -0.1) is 0 Å². The van der Waals surface area contributed by atoms with Gasteiger partial charge in [-0.3, -0.25) is 4.79 Å². The number of aromatic nitrogens is 1. The Hall–Kier alpha value is -2.07. The number of halogens is 1. The smallest absolute Gasteiger partial charge is 0.259 e. The number of hydrogen-bond donors (Lipinski definition) is 1. The lowest BCUT2D eigenvalue weighted by Crippen LogP contribution is -2.30. The number of aromatic hydroxyl groups is 1. The van der Waals surface area contributed by atoms with Gasteiger partial charge in [-0.1, -0.05) is 17.7 Å². The summed E-state index contributed by atoms with van der Waals surface area (Å²) in [6.45, 7) is 2.36. The van der Waals surface area contributed by atoms with Crippen molar-refractivity contribution in [3.05, 3.63) is 53.3 Å². The normalized spacial score (nSPS) is 10.2. The number of nitrogens with zero attached hydrogens (tertiary/aromatic N) is 2. The molecule has 2 aromatic rings. The molecule has 19 heavy (non-hydrogen) atoms. The molecule has 0 atom stereocenters. The van der Waals surface area contributed by atoms with E-state index in [1.54, 1.807) is 41.3 Å². The van der Waals surface area contributed by atoms with Crippen molar-refractivity contribution in [2.45, 2.75) is 6.92 Å². The van der Waals surface area contributed by atoms with Crippen LogP contribution in [-0.2, 0) is 0 Å². The molecule has 0 aliphatic carbocycles. The standard InChI is InChI=1S/C14H13ClN2O2/c1-2-17(11-4-3-5-12(18)8-11)14(19)10-6-7-13(15)16-9-10/h3-9,18H,2H2,1H3. The molecular formula is C14H13ClN2O2. The fourth-order valence-corrected chi connectivity index (χ4v) is 1.87. The van der Waals surface area contributed by atoms with E-state index in [-0.39, 0.29) is 11.7 Å². The number of anilines is 1. The van der Waals surface area contributed by atoms with Gasteiger partial charge in [0.15, 0.2) is 0 Å². The first kappa shape index (κ1) is 13.4. The third kappa shape index (κ3) is 3.03. The molecular weight excluding hydrogens is 264 g/mol. The molecule has 2 rings (SSSR count). The molecule has 1 amide bonds. The van der Waals surface area contributed by atoms with Crippen LogP contribution in [0.3, 0.4) is 0 Å². The van der Waals surface area contributed by atoms with Gasteiger partial charge in [-0.25, -0.2) is 4.98 Å². The summed E-state index contributed by atoms with van der Waals surface area (Å²) in [6.07, 6.45) is 1.44. The highest BCUT2D eigenvalue weighted by atomic mass is 35.5. The molecule has 1 N–H and O–H groups in total. The summed E-state index contributed by atoms with van der Waals surface area (Å²) in [4.78, 5) is 17.8. The van der Waals surface area contributed by atoms with E-state index < -0.39 is 0 Å². The van der Waals surface area contributed by atoms with Crippen LogP contribution in [0.25, 0.3) is 0 Å². The predicted octanol–water partition coefficient (Wildman–Crippen LogP) is 3.11. The van der Waals surface area contributed by atoms with E-state index in [1.165, 1.54) is 6.20 Å². The Morgan fingerprint density at radius 3 is 2.74 bits per heavy atom. The second-order valence-corrected chi connectivity index (χ2v) is 4.33. The summed E-state index contributed by atoms with van der Waals surface area (Å²) >= 11 is 5.70. The van der Waals surface area contributed by atoms with Gasteiger partial charge >= 0.3 is 0 Å². The largest absolute Gasteiger partial charge is 0.508 e. The highest BCUT2D eigenvalue weighted by Crippen LogP contribution is 2.21. The maximum absolute atomic E-state index is 12.4. The van der Waals surface area contributed by atoms with Gasteiger partial charge in [0, 0.05) is 24.5 Å². The van der Waals surface area contributed by atoms with Crippen molar-refractivity contribution < 1.29 is 9.90 Å². The molecule has 0 fully saturated rings. The molecule has 1 heterocycles. The van der Waals surface area contributed by atoms with Crippen molar-refractivity contribution in [3.63, 3.8) is 0 Å². The van der Waals surface area contributed by atoms with Crippen molar-refractivity contribution in [1.29, 1.82) is 0 Å². The Labute approximate surface area is 116 Å². The number of phenols is 1. The summed E-state index contributed by atoms with van der Waals surface area (Å²) in [5.74, 6) is -0.0600. The van der Waals surface area contributed by atoms with Gasteiger partial charge < -0.3 is 10.0 Å². The van der Waals surface area contributed by atoms with Crippen LogP contribution in [0.15, 0.2) is 42.6 Å². The molecule has 1 aromatic carbocycles. The lowest BCUT2D eigenvalue weighted by Gasteiger charge is -2.21. The molecule has 0 saturated carbocycles. The number of rotatable bonds is 3. The average molecular weight is 277 g/mol. The first-order chi connectivity index (χ1) is 9.11. The summed E-state index contributed by atoms with van der Waals surface area (Å²) in [5, 5.41) is 9.82. The van der Waals surface area contributed by atoms with E-state index in [0.29, 0.717) is 22.9 Å². The zero-order valence-corrected chi connectivity index (χ0v) is 11.1. The van der Waals surface area contributed by atoms with Gasteiger partial charge in [0.2, 0.25) is 0 Å². The van der Waals surface area contributed by atoms with Crippen molar-refractivity contribution in [2.24, 2.45) is 0 Å². The molecule has 0 unspecified atom stereocenters. The zero-order valence-electron chi connectivity index (χ0n) is 10.4. The number of phenolic OH excluding ortho intramolecular Hbond substituents is 1. The summed E-state index contributed by atoms with van der Waals surface area (Å²) in [7, 11) is 0. The van der Waals surface area contributed by atoms with Crippen LogP contribution in [0.5, 0.6) is 5.75 Å². The Bertz CT molecular complexity index is 584. The number of carbonyl (C=O) groups is 1. The third-order valence-corrected chi connectivity index (χ3v) is 2.90. The van der Waals surface area contributed by atoms with Gasteiger partial charge in [0.1, 0.15) is 10.9 Å². The van der Waals surface area contributed by atoms with E-state index in [4.69, 9.17) is 11.6 Å². The number of benzene rings is 1. The molecule has 0 spiro atoms. The van der Waals surface area contributed by atoms with Crippen LogP contribution in [0.1, 0.15) is 17.3 Å². The molecule has 5 heteroatoms. The lowest BCUT2D eigenvalue weighted by atomic mass is 10.2. The maximum Gasteiger partial charge on any atom is 0.259 e. The Kier molecular flexibility index (Phi) is 4.02. The van der Waals surface area contributed by atoms with Crippen molar-refractivity contribution in [1.82, 2.24) is 4.98 Å². The van der Waals surface area contributed by atoms with Crippen LogP contribution in [-0.4, -0.2) is 22.5 Å². The van der Waals surface area contributed by atoms with E-state index in [2.05, 4.69) is 4.98 Å². The summed E-state index contributed by atoms with van der Waals surface area (Å²) in [5.41, 5.74) is 1.09. The Morgan fingerprint density at radius 1 is 1.37 bits per heavy atom. The molecule has 0 saturated heterocycles. The third-order valence-electron chi connectivity index (χ3n) is 2.68. The second-order valence-electron chi connectivity index (χ2n) is 3.94. The quantitative estimate of drug-likeness (QED) is 0.877. The minimum absolute atomic E-state index is 0.123. The second kappa shape index (κ2) is 5.71. The van der Waals surface area contributed by atoms with Gasteiger partial charge in [-0.05, 0) is 31.2 Å². The first-order valence-electron chi connectivity index (χ1n) is 5.84. The minimum atomic E-state index is -0.183. The summed E-state index contributed by atoms with van der Waals surface area (Å²) < 4.78 is 0. The number of hydrogen-bond acceptors (Lipinski definition) is 3. The number of amides is 1. The SMILES string of the molecule is CCN(C(=O)c1ccc(Cl)nc1)c1cccc(O)c1. The fourth-order valence-electron chi connectivity index (χ4n) is 1.76. The van der Waals surface area contributed by atoms with E-state index in [0.717, 1.165) is 0 Å². The lowest BCUT2D eigenvalue weighted by molar-refractivity contribution is 0.0988. The monoisotopic (exact) mass is 276 g/mol. The van der Waals surface area contributed by atoms with Crippen LogP contribution in [0, 0.1) is 0 Å². The van der Waals surface area contributed by atoms with E-state index >= 15 is 0 Å². The molecule has 0 bridgehead atoms. The first-order valence-corrected chi connectivity index (χ1v) is 6.22. The highest BCUT2D eigenvalue weighted by molar-refractivity contribution is 6.29. The molecule has 0 aliphatic heterocycles. The molecule has 4 nitrogen and oxygen atoms in total. The maximum atomic E-state index is 12.4. The zero-order chi connectivity index (χ0) is 13.8. The predicted molar refractivity (Wildman–Crippen MR) is 74.7 cm³/mol. The van der Waals surface area contributed by atoms with Crippen LogP contribution in [0.4, 0.5) is 5.69 Å². The Morgan fingerprint density at radius 2 is 2.16 bits per heavy atom. The molecule has 0 radical (unpaired) electrons. The average Bonchev–Trinajstić information content (AvgIpc) is 2.40. The Balaban J connectivity index is 2.31. The number of pyridine rings is 1. The van der Waals surface area contributed by atoms with Crippen molar-refractivity contribution >= 4 is 23.2 Å². The molecule has 98 valence electrons. The van der Waals surface area contributed by atoms with Crippen LogP contribution < -0.4 is 4.90 Å². The highest BCUT2D eigenvalue weighted by Gasteiger charge is 2.16. The van der Waals surface area contributed by atoms with E-state index in [1.807, 2.05) is 6.92 Å². The van der Waals surface area contributed by atoms with Crippen molar-refractivity contribution in [2.75, 3.05) is 11.4 Å². The van der Waals surface area contributed by atoms with Crippen LogP contribution >= 0.6 is 11.6 Å².